The lowest BCUT2D eigenvalue weighted by atomic mass is 10.1. The normalized spacial score (nSPS) is 23.7. The first-order valence-electron chi connectivity index (χ1n) is 7.48. The zero-order valence-electron chi connectivity index (χ0n) is 13.9. The zero-order valence-corrected chi connectivity index (χ0v) is 17.9. The third-order valence-corrected chi connectivity index (χ3v) is 9.93. The van der Waals surface area contributed by atoms with Crippen LogP contribution in [0, 0.1) is 0 Å². The van der Waals surface area contributed by atoms with Crippen molar-refractivity contribution >= 4 is 54.7 Å². The van der Waals surface area contributed by atoms with Crippen molar-refractivity contribution in [2.75, 3.05) is 0 Å². The molecule has 1 aromatic carbocycles. The molecule has 1 saturated heterocycles. The molecule has 1 fully saturated rings. The molecule has 2 nitrogen and oxygen atoms in total. The largest absolute Gasteiger partial charge is 0.407 e. The number of epoxide rings is 1. The Morgan fingerprint density at radius 3 is 2.04 bits per heavy atom. The Morgan fingerprint density at radius 1 is 1.09 bits per heavy atom. The van der Waals surface area contributed by atoms with Gasteiger partial charge in [-0.3, -0.25) is 0 Å². The van der Waals surface area contributed by atoms with E-state index in [0.717, 1.165) is 5.56 Å². The summed E-state index contributed by atoms with van der Waals surface area (Å²) in [5, 5.41) is 0.702. The summed E-state index contributed by atoms with van der Waals surface area (Å²) in [5.41, 5.74) is 1.01. The van der Waals surface area contributed by atoms with Crippen molar-refractivity contribution in [2.24, 2.45) is 0 Å². The van der Waals surface area contributed by atoms with E-state index in [1.807, 2.05) is 24.3 Å². The smallest absolute Gasteiger partial charge is 0.217 e. The minimum atomic E-state index is -2.09. The Labute approximate surface area is 159 Å². The summed E-state index contributed by atoms with van der Waals surface area (Å²) in [6, 6.07) is 7.51. The van der Waals surface area contributed by atoms with Crippen molar-refractivity contribution in [1.29, 1.82) is 0 Å². The van der Waals surface area contributed by atoms with E-state index in [1.165, 1.54) is 0 Å². The van der Waals surface area contributed by atoms with Crippen molar-refractivity contribution < 1.29 is 9.16 Å². The average molecular weight is 416 g/mol. The van der Waals surface area contributed by atoms with Gasteiger partial charge in [-0.15, -0.1) is 0 Å². The van der Waals surface area contributed by atoms with Gasteiger partial charge in [-0.05, 0) is 35.8 Å². The summed E-state index contributed by atoms with van der Waals surface area (Å²) in [4.78, 5) is 0. The van der Waals surface area contributed by atoms with Crippen LogP contribution in [0.15, 0.2) is 24.3 Å². The van der Waals surface area contributed by atoms with Crippen LogP contribution in [0.5, 0.6) is 0 Å². The summed E-state index contributed by atoms with van der Waals surface area (Å²) in [7, 11) is -2.09. The van der Waals surface area contributed by atoms with E-state index < -0.39 is 18.2 Å². The van der Waals surface area contributed by atoms with Crippen molar-refractivity contribution in [3.8, 4) is 0 Å². The molecular weight excluding hydrogens is 394 g/mol. The molecule has 7 heteroatoms. The van der Waals surface area contributed by atoms with E-state index in [9.17, 15) is 0 Å². The fourth-order valence-electron chi connectivity index (χ4n) is 2.09. The van der Waals surface area contributed by atoms with Crippen LogP contribution in [0.25, 0.3) is 0 Å². The second kappa shape index (κ2) is 6.68. The van der Waals surface area contributed by atoms with Crippen LogP contribution in [0.4, 0.5) is 0 Å². The minimum absolute atomic E-state index is 0.0197. The molecule has 0 aromatic heterocycles. The first-order valence-corrected chi connectivity index (χ1v) is 11.9. The van der Waals surface area contributed by atoms with Gasteiger partial charge in [0, 0.05) is 5.02 Å². The molecule has 23 heavy (non-hydrogen) atoms. The van der Waals surface area contributed by atoms with Gasteiger partial charge in [0.25, 0.3) is 0 Å². The highest BCUT2D eigenvalue weighted by molar-refractivity contribution is 6.74. The third kappa shape index (κ3) is 4.78. The number of hydrogen-bond donors (Lipinski definition) is 0. The van der Waals surface area contributed by atoms with Crippen molar-refractivity contribution in [1.82, 2.24) is 0 Å². The Hall–Kier alpha value is 0.517. The number of hydrogen-bond acceptors (Lipinski definition) is 2. The maximum absolute atomic E-state index is 6.36. The van der Waals surface area contributed by atoms with E-state index in [-0.39, 0.29) is 17.2 Å². The highest BCUT2D eigenvalue weighted by Gasteiger charge is 2.56. The lowest BCUT2D eigenvalue weighted by Gasteiger charge is -2.40. The molecule has 0 unspecified atom stereocenters. The maximum Gasteiger partial charge on any atom is 0.217 e. The number of rotatable bonds is 4. The quantitative estimate of drug-likeness (QED) is 0.316. The number of ether oxygens (including phenoxy) is 1. The molecule has 1 heterocycles. The van der Waals surface area contributed by atoms with Gasteiger partial charge in [0.05, 0.1) is 0 Å². The molecule has 3 atom stereocenters. The van der Waals surface area contributed by atoms with Gasteiger partial charge < -0.3 is 9.16 Å². The van der Waals surface area contributed by atoms with Gasteiger partial charge in [-0.2, -0.15) is 0 Å². The van der Waals surface area contributed by atoms with Gasteiger partial charge in [-0.25, -0.2) is 0 Å². The molecule has 0 aliphatic carbocycles. The topological polar surface area (TPSA) is 21.8 Å². The Morgan fingerprint density at radius 2 is 1.61 bits per heavy atom. The molecule has 0 amide bonds. The Balaban J connectivity index is 2.17. The SMILES string of the molecule is CC(C)(C)[Si](C)(C)O[C@H]([C@@H]1O[C@H]1c1ccc(Cl)cc1)C(Cl)(Cl)Cl. The molecule has 1 aliphatic rings. The van der Waals surface area contributed by atoms with Crippen LogP contribution in [-0.4, -0.2) is 24.3 Å². The van der Waals surface area contributed by atoms with Gasteiger partial charge in [0.1, 0.15) is 18.3 Å². The number of alkyl halides is 3. The van der Waals surface area contributed by atoms with Crippen LogP contribution in [-0.2, 0) is 9.16 Å². The second-order valence-electron chi connectivity index (χ2n) is 7.41. The van der Waals surface area contributed by atoms with Gasteiger partial charge in [0.2, 0.25) is 3.79 Å². The third-order valence-electron chi connectivity index (χ3n) is 4.57. The second-order valence-corrected chi connectivity index (χ2v) is 15.0. The average Bonchev–Trinajstić information content (AvgIpc) is 3.14. The van der Waals surface area contributed by atoms with Gasteiger partial charge in [-0.1, -0.05) is 79.3 Å². The minimum Gasteiger partial charge on any atom is -0.407 e. The molecule has 0 N–H and O–H groups in total. The number of benzene rings is 1. The summed E-state index contributed by atoms with van der Waals surface area (Å²) in [6.45, 7) is 10.7. The Bertz CT molecular complexity index is 549. The van der Waals surface area contributed by atoms with E-state index in [1.54, 1.807) is 0 Å². The van der Waals surface area contributed by atoms with E-state index in [0.29, 0.717) is 5.02 Å². The molecule has 1 aromatic rings. The fraction of sp³-hybridized carbons (Fsp3) is 0.625. The molecule has 1 aliphatic heterocycles. The van der Waals surface area contributed by atoms with Crippen LogP contribution >= 0.6 is 46.4 Å². The summed E-state index contributed by atoms with van der Waals surface area (Å²) < 4.78 is 10.6. The number of halogens is 4. The van der Waals surface area contributed by atoms with Crippen LogP contribution in [0.1, 0.15) is 32.4 Å². The summed E-state index contributed by atoms with van der Waals surface area (Å²) in [6.07, 6.45) is -0.996. The van der Waals surface area contributed by atoms with E-state index >= 15 is 0 Å². The highest BCUT2D eigenvalue weighted by Crippen LogP contribution is 2.51. The molecule has 0 saturated carbocycles. The van der Waals surface area contributed by atoms with E-state index in [4.69, 9.17) is 55.6 Å². The van der Waals surface area contributed by atoms with Crippen molar-refractivity contribution in [3.63, 3.8) is 0 Å². The molecule has 0 bridgehead atoms. The lowest BCUT2D eigenvalue weighted by molar-refractivity contribution is 0.145. The predicted octanol–water partition coefficient (Wildman–Crippen LogP) is 6.54. The summed E-state index contributed by atoms with van der Waals surface area (Å²) >= 11 is 24.5. The predicted molar refractivity (Wildman–Crippen MR) is 101 cm³/mol. The van der Waals surface area contributed by atoms with Gasteiger partial charge in [0.15, 0.2) is 8.32 Å². The summed E-state index contributed by atoms with van der Waals surface area (Å²) in [5.74, 6) is 0. The molecule has 0 radical (unpaired) electrons. The molecule has 0 spiro atoms. The lowest BCUT2D eigenvalue weighted by Crippen LogP contribution is -2.49. The standard InChI is InChI=1S/C16H22Cl4O2Si/c1-15(2,3)23(4,5)22-14(16(18,19)20)13-12(21-13)10-6-8-11(17)9-7-10/h6-9,12-14H,1-5H3/t12-,13+,14+/m0/s1. The molecule has 130 valence electrons. The molecular formula is C16H22Cl4O2Si. The van der Waals surface area contributed by atoms with Crippen LogP contribution < -0.4 is 0 Å². The first kappa shape index (κ1) is 19.8. The Kier molecular flexibility index (Phi) is 5.76. The van der Waals surface area contributed by atoms with Crippen LogP contribution in [0.3, 0.4) is 0 Å². The van der Waals surface area contributed by atoms with E-state index in [2.05, 4.69) is 33.9 Å². The van der Waals surface area contributed by atoms with Crippen molar-refractivity contribution in [2.45, 2.75) is 61.0 Å². The highest BCUT2D eigenvalue weighted by atomic mass is 35.6. The van der Waals surface area contributed by atoms with Crippen LogP contribution in [0.2, 0.25) is 23.2 Å². The van der Waals surface area contributed by atoms with Gasteiger partial charge >= 0.3 is 0 Å². The van der Waals surface area contributed by atoms with Crippen molar-refractivity contribution in [3.05, 3.63) is 34.9 Å². The zero-order chi connectivity index (χ0) is 17.6. The molecule has 2 rings (SSSR count). The monoisotopic (exact) mass is 414 g/mol. The fourth-order valence-corrected chi connectivity index (χ4v) is 4.24. The first-order chi connectivity index (χ1) is 10.3. The maximum atomic E-state index is 6.36.